The lowest BCUT2D eigenvalue weighted by molar-refractivity contribution is 0.972. The van der Waals surface area contributed by atoms with Gasteiger partial charge in [0.2, 0.25) is 0 Å². The lowest BCUT2D eigenvalue weighted by Gasteiger charge is -2.00. The van der Waals surface area contributed by atoms with Crippen molar-refractivity contribution in [2.24, 2.45) is 0 Å². The van der Waals surface area contributed by atoms with E-state index in [-0.39, 0.29) is 0 Å². The van der Waals surface area contributed by atoms with Gasteiger partial charge < -0.3 is 0 Å². The van der Waals surface area contributed by atoms with Gasteiger partial charge in [-0.25, -0.2) is 0 Å². The number of hydrogen-bond acceptors (Lipinski definition) is 1. The monoisotopic (exact) mass is 254 g/mol. The topological polar surface area (TPSA) is 0 Å². The van der Waals surface area contributed by atoms with E-state index in [0.29, 0.717) is 4.83 Å². The Hall–Kier alpha value is -0.340. The van der Waals surface area contributed by atoms with Gasteiger partial charge >= 0.3 is 0 Å². The first kappa shape index (κ1) is 9.22. The Balaban J connectivity index is 2.46. The summed E-state index contributed by atoms with van der Waals surface area (Å²) in [6.45, 7) is 2.19. The van der Waals surface area contributed by atoms with Crippen molar-refractivity contribution in [1.29, 1.82) is 0 Å². The second-order valence-corrected chi connectivity index (χ2v) is 5.72. The third kappa shape index (κ3) is 1.94. The maximum absolute atomic E-state index is 3.59. The molecule has 13 heavy (non-hydrogen) atoms. The normalized spacial score (nSPS) is 13.4. The molecule has 1 aromatic carbocycles. The molecular weight excluding hydrogens is 244 g/mol. The molecule has 0 radical (unpaired) electrons. The van der Waals surface area contributed by atoms with Crippen molar-refractivity contribution in [3.05, 3.63) is 35.2 Å². The lowest BCUT2D eigenvalue weighted by atomic mass is 10.1. The molecule has 1 unspecified atom stereocenters. The van der Waals surface area contributed by atoms with Crippen LogP contribution in [0, 0.1) is 0 Å². The molecule has 0 bridgehead atoms. The molecule has 0 saturated heterocycles. The number of benzene rings is 1. The van der Waals surface area contributed by atoms with Crippen LogP contribution >= 0.6 is 27.3 Å². The van der Waals surface area contributed by atoms with E-state index in [1.807, 2.05) is 11.3 Å². The molecule has 0 nitrogen and oxygen atoms in total. The fraction of sp³-hybridized carbons (Fsp3) is 0.273. The highest BCUT2D eigenvalue weighted by molar-refractivity contribution is 9.09. The Morgan fingerprint density at radius 3 is 2.92 bits per heavy atom. The predicted molar refractivity (Wildman–Crippen MR) is 63.9 cm³/mol. The third-order valence-electron chi connectivity index (χ3n) is 2.06. The van der Waals surface area contributed by atoms with E-state index >= 15 is 0 Å². The molecule has 0 spiro atoms. The maximum atomic E-state index is 3.59. The molecule has 0 saturated carbocycles. The zero-order valence-electron chi connectivity index (χ0n) is 7.46. The number of fused-ring (bicyclic) bond motifs is 1. The van der Waals surface area contributed by atoms with Gasteiger partial charge in [0.1, 0.15) is 0 Å². The minimum Gasteiger partial charge on any atom is -0.144 e. The summed E-state index contributed by atoms with van der Waals surface area (Å²) in [5, 5.41) is 3.68. The SMILES string of the molecule is CC(Br)Cc1csc2ccccc12. The number of rotatable bonds is 2. The molecule has 0 aliphatic rings. The summed E-state index contributed by atoms with van der Waals surface area (Å²) in [7, 11) is 0. The average Bonchev–Trinajstić information content (AvgIpc) is 2.48. The summed E-state index contributed by atoms with van der Waals surface area (Å²) in [6, 6.07) is 8.59. The van der Waals surface area contributed by atoms with E-state index in [4.69, 9.17) is 0 Å². The Kier molecular flexibility index (Phi) is 2.70. The Labute approximate surface area is 90.7 Å². The summed E-state index contributed by atoms with van der Waals surface area (Å²) in [4.78, 5) is 0.561. The Bertz CT molecular complexity index is 403. The van der Waals surface area contributed by atoms with Crippen LogP contribution in [0.25, 0.3) is 10.1 Å². The molecule has 0 fully saturated rings. The van der Waals surface area contributed by atoms with E-state index < -0.39 is 0 Å². The fourth-order valence-electron chi connectivity index (χ4n) is 1.49. The van der Waals surface area contributed by atoms with Crippen molar-refractivity contribution in [3.63, 3.8) is 0 Å². The summed E-state index contributed by atoms with van der Waals surface area (Å²) >= 11 is 5.42. The summed E-state index contributed by atoms with van der Waals surface area (Å²) in [5.74, 6) is 0. The first-order chi connectivity index (χ1) is 6.27. The van der Waals surface area contributed by atoms with E-state index in [2.05, 4.69) is 52.5 Å². The van der Waals surface area contributed by atoms with Crippen molar-refractivity contribution in [1.82, 2.24) is 0 Å². The molecule has 0 aliphatic carbocycles. The first-order valence-corrected chi connectivity index (χ1v) is 6.16. The van der Waals surface area contributed by atoms with Crippen LogP contribution in [0.4, 0.5) is 0 Å². The summed E-state index contributed by atoms with van der Waals surface area (Å²) in [6.07, 6.45) is 1.12. The third-order valence-corrected chi connectivity index (χ3v) is 3.40. The predicted octanol–water partition coefficient (Wildman–Crippen LogP) is 4.23. The van der Waals surface area contributed by atoms with Crippen LogP contribution in [-0.4, -0.2) is 4.83 Å². The van der Waals surface area contributed by atoms with Crippen molar-refractivity contribution < 1.29 is 0 Å². The molecule has 1 aromatic heterocycles. The minimum absolute atomic E-state index is 0.561. The lowest BCUT2D eigenvalue weighted by Crippen LogP contribution is -1.94. The zero-order chi connectivity index (χ0) is 9.26. The van der Waals surface area contributed by atoms with E-state index in [1.54, 1.807) is 0 Å². The highest BCUT2D eigenvalue weighted by atomic mass is 79.9. The maximum Gasteiger partial charge on any atom is 0.0345 e. The van der Waals surface area contributed by atoms with Gasteiger partial charge in [-0.3, -0.25) is 0 Å². The molecule has 1 atom stereocenters. The van der Waals surface area contributed by atoms with E-state index in [9.17, 15) is 0 Å². The molecule has 2 heteroatoms. The highest BCUT2D eigenvalue weighted by Gasteiger charge is 2.05. The Morgan fingerprint density at radius 1 is 1.38 bits per heavy atom. The number of alkyl halides is 1. The molecular formula is C11H11BrS. The number of hydrogen-bond donors (Lipinski definition) is 0. The van der Waals surface area contributed by atoms with Gasteiger partial charge in [-0.05, 0) is 28.8 Å². The minimum atomic E-state index is 0.561. The molecule has 0 aliphatic heterocycles. The molecule has 1 heterocycles. The van der Waals surface area contributed by atoms with Crippen LogP contribution in [0.15, 0.2) is 29.6 Å². The van der Waals surface area contributed by atoms with E-state index in [1.165, 1.54) is 15.6 Å². The second kappa shape index (κ2) is 3.81. The molecule has 0 N–H and O–H groups in total. The van der Waals surface area contributed by atoms with Crippen molar-refractivity contribution in [3.8, 4) is 0 Å². The van der Waals surface area contributed by atoms with Gasteiger partial charge in [-0.2, -0.15) is 0 Å². The van der Waals surface area contributed by atoms with Gasteiger partial charge in [0, 0.05) is 9.53 Å². The summed E-state index contributed by atoms with van der Waals surface area (Å²) < 4.78 is 1.39. The average molecular weight is 255 g/mol. The van der Waals surface area contributed by atoms with Crippen molar-refractivity contribution in [2.75, 3.05) is 0 Å². The van der Waals surface area contributed by atoms with Gasteiger partial charge in [0.25, 0.3) is 0 Å². The van der Waals surface area contributed by atoms with E-state index in [0.717, 1.165) is 6.42 Å². The second-order valence-electron chi connectivity index (χ2n) is 3.24. The molecule has 2 rings (SSSR count). The van der Waals surface area contributed by atoms with Crippen LogP contribution in [-0.2, 0) is 6.42 Å². The highest BCUT2D eigenvalue weighted by Crippen LogP contribution is 2.27. The summed E-state index contributed by atoms with van der Waals surface area (Å²) in [5.41, 5.74) is 1.46. The van der Waals surface area contributed by atoms with Crippen LogP contribution in [0.2, 0.25) is 0 Å². The largest absolute Gasteiger partial charge is 0.144 e. The van der Waals surface area contributed by atoms with Crippen LogP contribution in [0.1, 0.15) is 12.5 Å². The standard InChI is InChI=1S/C11H11BrS/c1-8(12)6-9-7-13-11-5-3-2-4-10(9)11/h2-5,7-8H,6H2,1H3. The molecule has 68 valence electrons. The quantitative estimate of drug-likeness (QED) is 0.704. The fourth-order valence-corrected chi connectivity index (χ4v) is 2.82. The number of thiophene rings is 1. The molecule has 2 aromatic rings. The smallest absolute Gasteiger partial charge is 0.0345 e. The Morgan fingerprint density at radius 2 is 2.15 bits per heavy atom. The molecule has 0 amide bonds. The van der Waals surface area contributed by atoms with Gasteiger partial charge in [0.05, 0.1) is 0 Å². The van der Waals surface area contributed by atoms with Crippen LogP contribution in [0.3, 0.4) is 0 Å². The van der Waals surface area contributed by atoms with Gasteiger partial charge in [-0.15, -0.1) is 11.3 Å². The first-order valence-electron chi connectivity index (χ1n) is 4.36. The van der Waals surface area contributed by atoms with Crippen LogP contribution < -0.4 is 0 Å². The van der Waals surface area contributed by atoms with Crippen molar-refractivity contribution in [2.45, 2.75) is 18.2 Å². The van der Waals surface area contributed by atoms with Gasteiger partial charge in [-0.1, -0.05) is 41.1 Å². The van der Waals surface area contributed by atoms with Crippen molar-refractivity contribution >= 4 is 37.4 Å². The number of halogens is 1. The zero-order valence-corrected chi connectivity index (χ0v) is 9.86. The van der Waals surface area contributed by atoms with Crippen LogP contribution in [0.5, 0.6) is 0 Å². The van der Waals surface area contributed by atoms with Gasteiger partial charge in [0.15, 0.2) is 0 Å².